The van der Waals surface area contributed by atoms with Gasteiger partial charge in [0.15, 0.2) is 5.75 Å². The molecule has 0 amide bonds. The van der Waals surface area contributed by atoms with Crippen molar-refractivity contribution in [1.29, 1.82) is 0 Å². The SMILES string of the molecule is CCc1ccccc1-c1cccnc1Oc1cnc(N(C)Cc2ccccc2)nc1. The van der Waals surface area contributed by atoms with Crippen molar-refractivity contribution in [3.05, 3.63) is 96.4 Å². The molecule has 0 aliphatic heterocycles. The van der Waals surface area contributed by atoms with Crippen LogP contribution in [0.25, 0.3) is 11.1 Å². The van der Waals surface area contributed by atoms with Crippen molar-refractivity contribution in [2.24, 2.45) is 0 Å². The highest BCUT2D eigenvalue weighted by molar-refractivity contribution is 5.72. The summed E-state index contributed by atoms with van der Waals surface area (Å²) >= 11 is 0. The Balaban J connectivity index is 1.53. The van der Waals surface area contributed by atoms with Gasteiger partial charge in [0.25, 0.3) is 0 Å². The third kappa shape index (κ3) is 4.46. The highest BCUT2D eigenvalue weighted by Gasteiger charge is 2.12. The molecular weight excluding hydrogens is 372 g/mol. The molecule has 0 spiro atoms. The predicted molar refractivity (Wildman–Crippen MR) is 120 cm³/mol. The fourth-order valence-corrected chi connectivity index (χ4v) is 3.37. The van der Waals surface area contributed by atoms with E-state index in [0.717, 1.165) is 24.1 Å². The van der Waals surface area contributed by atoms with Crippen molar-refractivity contribution in [3.8, 4) is 22.8 Å². The van der Waals surface area contributed by atoms with Gasteiger partial charge in [-0.15, -0.1) is 0 Å². The molecule has 5 nitrogen and oxygen atoms in total. The molecule has 2 heterocycles. The van der Waals surface area contributed by atoms with E-state index in [1.165, 1.54) is 11.1 Å². The number of aryl methyl sites for hydroxylation is 1. The quantitative estimate of drug-likeness (QED) is 0.411. The van der Waals surface area contributed by atoms with E-state index >= 15 is 0 Å². The topological polar surface area (TPSA) is 51.1 Å². The molecule has 150 valence electrons. The Labute approximate surface area is 177 Å². The second-order valence-electron chi connectivity index (χ2n) is 7.03. The van der Waals surface area contributed by atoms with Gasteiger partial charge in [-0.05, 0) is 35.2 Å². The standard InChI is InChI=1S/C25H24N4O/c1-3-20-12-7-8-13-22(20)23-14-9-15-26-24(23)30-21-16-27-25(28-17-21)29(2)18-19-10-5-4-6-11-19/h4-17H,3,18H2,1-2H3. The molecule has 4 aromatic rings. The Hall–Kier alpha value is -3.73. The lowest BCUT2D eigenvalue weighted by Gasteiger charge is -2.17. The third-order valence-corrected chi connectivity index (χ3v) is 4.89. The van der Waals surface area contributed by atoms with Crippen LogP contribution in [-0.4, -0.2) is 22.0 Å². The minimum Gasteiger partial charge on any atom is -0.435 e. The summed E-state index contributed by atoms with van der Waals surface area (Å²) in [4.78, 5) is 15.4. The third-order valence-electron chi connectivity index (χ3n) is 4.89. The van der Waals surface area contributed by atoms with Crippen LogP contribution in [-0.2, 0) is 13.0 Å². The number of pyridine rings is 1. The van der Waals surface area contributed by atoms with Crippen molar-refractivity contribution in [2.75, 3.05) is 11.9 Å². The van der Waals surface area contributed by atoms with Gasteiger partial charge in [-0.3, -0.25) is 0 Å². The highest BCUT2D eigenvalue weighted by atomic mass is 16.5. The first-order valence-corrected chi connectivity index (χ1v) is 10.0. The average molecular weight is 396 g/mol. The zero-order valence-corrected chi connectivity index (χ0v) is 17.2. The van der Waals surface area contributed by atoms with Gasteiger partial charge < -0.3 is 9.64 Å². The Kier molecular flexibility index (Phi) is 5.99. The maximum absolute atomic E-state index is 6.06. The number of hydrogen-bond acceptors (Lipinski definition) is 5. The minimum atomic E-state index is 0.549. The van der Waals surface area contributed by atoms with Crippen molar-refractivity contribution >= 4 is 5.95 Å². The number of nitrogens with zero attached hydrogens (tertiary/aromatic N) is 4. The summed E-state index contributed by atoms with van der Waals surface area (Å²) in [6.07, 6.45) is 6.05. The molecule has 0 radical (unpaired) electrons. The van der Waals surface area contributed by atoms with E-state index in [4.69, 9.17) is 4.74 Å². The van der Waals surface area contributed by atoms with Crippen LogP contribution in [0.15, 0.2) is 85.3 Å². The molecule has 5 heteroatoms. The summed E-state index contributed by atoms with van der Waals surface area (Å²) in [5.41, 5.74) is 4.55. The molecule has 0 bridgehead atoms. The zero-order valence-electron chi connectivity index (χ0n) is 17.2. The monoisotopic (exact) mass is 396 g/mol. The van der Waals surface area contributed by atoms with E-state index in [1.807, 2.05) is 48.3 Å². The minimum absolute atomic E-state index is 0.549. The Morgan fingerprint density at radius 2 is 1.50 bits per heavy atom. The molecule has 0 aliphatic carbocycles. The zero-order chi connectivity index (χ0) is 20.8. The molecule has 4 rings (SSSR count). The molecule has 0 fully saturated rings. The molecule has 0 unspecified atom stereocenters. The summed E-state index contributed by atoms with van der Waals surface area (Å²) in [6, 6.07) is 22.5. The molecular formula is C25H24N4O. The summed E-state index contributed by atoms with van der Waals surface area (Å²) in [5.74, 6) is 1.75. The van der Waals surface area contributed by atoms with Crippen LogP contribution in [0.4, 0.5) is 5.95 Å². The van der Waals surface area contributed by atoms with Gasteiger partial charge in [-0.25, -0.2) is 15.0 Å². The number of ether oxygens (including phenoxy) is 1. The van der Waals surface area contributed by atoms with E-state index < -0.39 is 0 Å². The lowest BCUT2D eigenvalue weighted by Crippen LogP contribution is -2.18. The highest BCUT2D eigenvalue weighted by Crippen LogP contribution is 2.33. The lowest BCUT2D eigenvalue weighted by molar-refractivity contribution is 0.460. The summed E-state index contributed by atoms with van der Waals surface area (Å²) in [6.45, 7) is 2.88. The van der Waals surface area contributed by atoms with Crippen molar-refractivity contribution in [1.82, 2.24) is 15.0 Å². The first-order chi connectivity index (χ1) is 14.7. The molecule has 30 heavy (non-hydrogen) atoms. The Morgan fingerprint density at radius 1 is 0.800 bits per heavy atom. The molecule has 0 saturated heterocycles. The molecule has 0 saturated carbocycles. The van der Waals surface area contributed by atoms with Gasteiger partial charge in [-0.1, -0.05) is 61.5 Å². The normalized spacial score (nSPS) is 10.6. The van der Waals surface area contributed by atoms with Gasteiger partial charge in [0.2, 0.25) is 11.8 Å². The Bertz CT molecular complexity index is 1100. The Morgan fingerprint density at radius 3 is 2.27 bits per heavy atom. The van der Waals surface area contributed by atoms with Crippen LogP contribution in [0.5, 0.6) is 11.6 Å². The van der Waals surface area contributed by atoms with E-state index in [2.05, 4.69) is 52.2 Å². The fourth-order valence-electron chi connectivity index (χ4n) is 3.37. The van der Waals surface area contributed by atoms with Crippen molar-refractivity contribution < 1.29 is 4.74 Å². The number of benzene rings is 2. The molecule has 2 aromatic carbocycles. The number of rotatable bonds is 7. The maximum atomic E-state index is 6.06. The predicted octanol–water partition coefficient (Wildman–Crippen LogP) is 5.53. The second-order valence-corrected chi connectivity index (χ2v) is 7.03. The van der Waals surface area contributed by atoms with E-state index in [0.29, 0.717) is 17.6 Å². The van der Waals surface area contributed by atoms with E-state index in [9.17, 15) is 0 Å². The summed E-state index contributed by atoms with van der Waals surface area (Å²) in [7, 11) is 1.97. The molecule has 0 aliphatic rings. The maximum Gasteiger partial charge on any atom is 0.227 e. The van der Waals surface area contributed by atoms with Gasteiger partial charge in [0.05, 0.1) is 12.4 Å². The number of aromatic nitrogens is 3. The second kappa shape index (κ2) is 9.18. The first kappa shape index (κ1) is 19.6. The van der Waals surface area contributed by atoms with Crippen LogP contribution in [0.3, 0.4) is 0 Å². The first-order valence-electron chi connectivity index (χ1n) is 10.0. The van der Waals surface area contributed by atoms with Gasteiger partial charge in [-0.2, -0.15) is 0 Å². The number of hydrogen-bond donors (Lipinski definition) is 0. The summed E-state index contributed by atoms with van der Waals surface area (Å²) < 4.78 is 6.06. The average Bonchev–Trinajstić information content (AvgIpc) is 2.80. The lowest BCUT2D eigenvalue weighted by atomic mass is 9.99. The van der Waals surface area contributed by atoms with Crippen molar-refractivity contribution in [3.63, 3.8) is 0 Å². The smallest absolute Gasteiger partial charge is 0.227 e. The van der Waals surface area contributed by atoms with Crippen LogP contribution in [0.1, 0.15) is 18.1 Å². The molecule has 2 aromatic heterocycles. The fraction of sp³-hybridized carbons (Fsp3) is 0.160. The van der Waals surface area contributed by atoms with Crippen LogP contribution >= 0.6 is 0 Å². The van der Waals surface area contributed by atoms with Crippen LogP contribution in [0.2, 0.25) is 0 Å². The van der Waals surface area contributed by atoms with E-state index in [1.54, 1.807) is 18.6 Å². The molecule has 0 atom stereocenters. The summed E-state index contributed by atoms with van der Waals surface area (Å²) in [5, 5.41) is 0. The van der Waals surface area contributed by atoms with Gasteiger partial charge >= 0.3 is 0 Å². The molecule has 0 N–H and O–H groups in total. The number of anilines is 1. The van der Waals surface area contributed by atoms with E-state index in [-0.39, 0.29) is 0 Å². The van der Waals surface area contributed by atoms with Crippen molar-refractivity contribution in [2.45, 2.75) is 19.9 Å². The van der Waals surface area contributed by atoms with Crippen LogP contribution in [0, 0.1) is 0 Å². The van der Waals surface area contributed by atoms with Gasteiger partial charge in [0.1, 0.15) is 0 Å². The van der Waals surface area contributed by atoms with Crippen LogP contribution < -0.4 is 9.64 Å². The largest absolute Gasteiger partial charge is 0.435 e. The van der Waals surface area contributed by atoms with Gasteiger partial charge in [0, 0.05) is 25.4 Å².